The van der Waals surface area contributed by atoms with Crippen LogP contribution < -0.4 is 0 Å². The third-order valence-corrected chi connectivity index (χ3v) is 4.78. The number of carboxylic acid groups (broad SMARTS) is 1. The van der Waals surface area contributed by atoms with Crippen LogP contribution >= 0.6 is 0 Å². The van der Waals surface area contributed by atoms with E-state index in [9.17, 15) is 14.7 Å². The molecule has 1 unspecified atom stereocenters. The summed E-state index contributed by atoms with van der Waals surface area (Å²) in [5.74, 6) is -1.24. The van der Waals surface area contributed by atoms with Crippen LogP contribution in [0, 0.1) is 0 Å². The first-order valence-corrected chi connectivity index (χ1v) is 8.07. The highest BCUT2D eigenvalue weighted by Gasteiger charge is 2.52. The summed E-state index contributed by atoms with van der Waals surface area (Å²) in [4.78, 5) is 23.4. The largest absolute Gasteiger partial charge is 0.479 e. The van der Waals surface area contributed by atoms with Gasteiger partial charge in [0.1, 0.15) is 0 Å². The number of ether oxygens (including phenoxy) is 2. The maximum atomic E-state index is 12.0. The van der Waals surface area contributed by atoms with Crippen LogP contribution in [0.1, 0.15) is 30.1 Å². The number of hydrogen-bond donors (Lipinski definition) is 1. The zero-order chi connectivity index (χ0) is 18.0. The van der Waals surface area contributed by atoms with E-state index in [1.54, 1.807) is 12.1 Å². The topological polar surface area (TPSA) is 72.8 Å². The predicted molar refractivity (Wildman–Crippen MR) is 92.2 cm³/mol. The minimum atomic E-state index is -1.03. The van der Waals surface area contributed by atoms with E-state index >= 15 is 0 Å². The smallest absolute Gasteiger partial charge is 0.337 e. The first-order chi connectivity index (χ1) is 12.0. The van der Waals surface area contributed by atoms with E-state index in [1.165, 1.54) is 14.2 Å². The van der Waals surface area contributed by atoms with Gasteiger partial charge in [-0.3, -0.25) is 4.79 Å². The molecular formula is C20H20O5. The number of hydrogen-bond acceptors (Lipinski definition) is 4. The number of carbonyl (C=O) groups excluding carboxylic acids is 1. The molecule has 0 aromatic heterocycles. The van der Waals surface area contributed by atoms with E-state index in [2.05, 4.69) is 0 Å². The third-order valence-electron chi connectivity index (χ3n) is 4.78. The minimum Gasteiger partial charge on any atom is -0.479 e. The molecule has 130 valence electrons. The lowest BCUT2D eigenvalue weighted by Crippen LogP contribution is -2.21. The Morgan fingerprint density at radius 1 is 1.04 bits per heavy atom. The van der Waals surface area contributed by atoms with Crippen molar-refractivity contribution in [2.45, 2.75) is 24.4 Å². The molecule has 5 heteroatoms. The van der Waals surface area contributed by atoms with Crippen molar-refractivity contribution >= 4 is 11.9 Å². The summed E-state index contributed by atoms with van der Waals surface area (Å²) in [5, 5.41) is 9.37. The summed E-state index contributed by atoms with van der Waals surface area (Å²) in [6.07, 6.45) is 0.557. The molecule has 1 aliphatic carbocycles. The van der Waals surface area contributed by atoms with E-state index in [0.29, 0.717) is 5.56 Å². The van der Waals surface area contributed by atoms with E-state index in [0.717, 1.165) is 29.5 Å². The Hall–Kier alpha value is -2.66. The number of aliphatic carboxylic acids is 1. The van der Waals surface area contributed by atoms with Crippen molar-refractivity contribution in [2.75, 3.05) is 14.2 Å². The van der Waals surface area contributed by atoms with Gasteiger partial charge in [0, 0.05) is 7.11 Å². The van der Waals surface area contributed by atoms with Gasteiger partial charge < -0.3 is 14.6 Å². The molecule has 2 aromatic rings. The molecule has 0 radical (unpaired) electrons. The lowest BCUT2D eigenvalue weighted by atomic mass is 9.91. The summed E-state index contributed by atoms with van der Waals surface area (Å²) in [6, 6.07) is 14.9. The average Bonchev–Trinajstić information content (AvgIpc) is 3.44. The summed E-state index contributed by atoms with van der Waals surface area (Å²) >= 11 is 0. The molecule has 0 heterocycles. The van der Waals surface area contributed by atoms with Gasteiger partial charge in [-0.05, 0) is 35.1 Å². The van der Waals surface area contributed by atoms with Crippen LogP contribution in [0.25, 0.3) is 11.1 Å². The van der Waals surface area contributed by atoms with Gasteiger partial charge in [-0.1, -0.05) is 48.5 Å². The quantitative estimate of drug-likeness (QED) is 0.817. The van der Waals surface area contributed by atoms with Crippen LogP contribution in [0.5, 0.6) is 0 Å². The van der Waals surface area contributed by atoms with Gasteiger partial charge in [-0.25, -0.2) is 4.79 Å². The van der Waals surface area contributed by atoms with Gasteiger partial charge in [0.15, 0.2) is 6.10 Å². The van der Waals surface area contributed by atoms with Gasteiger partial charge in [-0.15, -0.1) is 0 Å². The van der Waals surface area contributed by atoms with Crippen LogP contribution in [-0.4, -0.2) is 31.3 Å². The number of carbonyl (C=O) groups is 2. The monoisotopic (exact) mass is 340 g/mol. The first kappa shape index (κ1) is 17.2. The molecule has 2 aromatic carbocycles. The van der Waals surface area contributed by atoms with E-state index < -0.39 is 17.5 Å². The van der Waals surface area contributed by atoms with Gasteiger partial charge in [0.25, 0.3) is 0 Å². The summed E-state index contributed by atoms with van der Waals surface area (Å²) < 4.78 is 10.1. The molecule has 1 aliphatic rings. The first-order valence-electron chi connectivity index (χ1n) is 8.07. The van der Waals surface area contributed by atoms with Crippen LogP contribution in [0.15, 0.2) is 48.5 Å². The molecule has 1 saturated carbocycles. The molecule has 25 heavy (non-hydrogen) atoms. The fraction of sp³-hybridized carbons (Fsp3) is 0.300. The molecule has 0 amide bonds. The van der Waals surface area contributed by atoms with Gasteiger partial charge >= 0.3 is 11.9 Å². The summed E-state index contributed by atoms with van der Waals surface area (Å²) in [7, 11) is 2.79. The molecule has 0 spiro atoms. The van der Waals surface area contributed by atoms with Crippen molar-refractivity contribution in [1.29, 1.82) is 0 Å². The van der Waals surface area contributed by atoms with Crippen LogP contribution in [-0.2, 0) is 24.5 Å². The highest BCUT2D eigenvalue weighted by molar-refractivity contribution is 5.87. The summed E-state index contributed by atoms with van der Waals surface area (Å²) in [5.41, 5.74) is 2.69. The number of benzene rings is 2. The Labute approximate surface area is 146 Å². The molecule has 1 fully saturated rings. The van der Waals surface area contributed by atoms with Crippen molar-refractivity contribution < 1.29 is 24.2 Å². The average molecular weight is 340 g/mol. The number of carboxylic acids is 1. The predicted octanol–water partition coefficient (Wildman–Crippen LogP) is 3.33. The number of methoxy groups -OCH3 is 2. The van der Waals surface area contributed by atoms with Gasteiger partial charge in [-0.2, -0.15) is 0 Å². The molecular weight excluding hydrogens is 320 g/mol. The Kier molecular flexibility index (Phi) is 4.59. The maximum absolute atomic E-state index is 12.0. The molecule has 3 rings (SSSR count). The Bertz CT molecular complexity index is 790. The van der Waals surface area contributed by atoms with Crippen molar-refractivity contribution in [2.24, 2.45) is 0 Å². The third kappa shape index (κ3) is 3.03. The second-order valence-corrected chi connectivity index (χ2v) is 6.19. The van der Waals surface area contributed by atoms with E-state index in [4.69, 9.17) is 9.47 Å². The van der Waals surface area contributed by atoms with Crippen molar-refractivity contribution in [3.8, 4) is 11.1 Å². The van der Waals surface area contributed by atoms with Crippen molar-refractivity contribution in [1.82, 2.24) is 0 Å². The lowest BCUT2D eigenvalue weighted by molar-refractivity contribution is -0.149. The Balaban J connectivity index is 1.97. The highest BCUT2D eigenvalue weighted by atomic mass is 16.5. The van der Waals surface area contributed by atoms with Crippen LogP contribution in [0.2, 0.25) is 0 Å². The fourth-order valence-electron chi connectivity index (χ4n) is 3.25. The highest BCUT2D eigenvalue weighted by Crippen LogP contribution is 2.49. The normalized spacial score (nSPS) is 16.1. The number of rotatable bonds is 6. The second kappa shape index (κ2) is 6.69. The SMILES string of the molecule is COC(=O)C1(c2ccc(-c3ccccc3C(OC)C(=O)O)cc2)CC1. The molecule has 1 atom stereocenters. The van der Waals surface area contributed by atoms with E-state index in [1.807, 2.05) is 36.4 Å². The van der Waals surface area contributed by atoms with Gasteiger partial charge in [0.05, 0.1) is 12.5 Å². The molecule has 0 saturated heterocycles. The van der Waals surface area contributed by atoms with Crippen LogP contribution in [0.4, 0.5) is 0 Å². The Morgan fingerprint density at radius 2 is 1.68 bits per heavy atom. The fourth-order valence-corrected chi connectivity index (χ4v) is 3.25. The lowest BCUT2D eigenvalue weighted by Gasteiger charge is -2.17. The van der Waals surface area contributed by atoms with Crippen LogP contribution in [0.3, 0.4) is 0 Å². The minimum absolute atomic E-state index is 0.203. The zero-order valence-electron chi connectivity index (χ0n) is 14.2. The molecule has 1 N–H and O–H groups in total. The number of esters is 1. The molecule has 5 nitrogen and oxygen atoms in total. The molecule has 0 bridgehead atoms. The maximum Gasteiger partial charge on any atom is 0.337 e. The Morgan fingerprint density at radius 3 is 2.20 bits per heavy atom. The van der Waals surface area contributed by atoms with Gasteiger partial charge in [0.2, 0.25) is 0 Å². The van der Waals surface area contributed by atoms with E-state index in [-0.39, 0.29) is 5.97 Å². The standard InChI is InChI=1S/C20H20O5/c1-24-17(18(21)22)16-6-4-3-5-15(16)13-7-9-14(10-8-13)20(11-12-20)19(23)25-2/h3-10,17H,11-12H2,1-2H3,(H,21,22). The summed E-state index contributed by atoms with van der Waals surface area (Å²) in [6.45, 7) is 0. The zero-order valence-corrected chi connectivity index (χ0v) is 14.2. The van der Waals surface area contributed by atoms with Crippen molar-refractivity contribution in [3.05, 3.63) is 59.7 Å². The second-order valence-electron chi connectivity index (χ2n) is 6.19. The molecule has 0 aliphatic heterocycles. The van der Waals surface area contributed by atoms with Crippen molar-refractivity contribution in [3.63, 3.8) is 0 Å².